The van der Waals surface area contributed by atoms with Crippen molar-refractivity contribution in [3.63, 3.8) is 0 Å². The van der Waals surface area contributed by atoms with E-state index < -0.39 is 17.6 Å². The van der Waals surface area contributed by atoms with E-state index in [1.165, 1.54) is 18.2 Å². The zero-order chi connectivity index (χ0) is 21.9. The van der Waals surface area contributed by atoms with Crippen LogP contribution in [0, 0.1) is 0 Å². The molecule has 158 valence electrons. The molecule has 0 saturated heterocycles. The second-order valence-corrected chi connectivity index (χ2v) is 7.82. The Hall–Kier alpha value is -2.23. The Balaban J connectivity index is 1.73. The second-order valence-electron chi connectivity index (χ2n) is 6.06. The smallest absolute Gasteiger partial charge is 0.325 e. The third-order valence-corrected chi connectivity index (χ3v) is 5.76. The number of benzene rings is 2. The van der Waals surface area contributed by atoms with Crippen molar-refractivity contribution in [1.29, 1.82) is 0 Å². The third kappa shape index (κ3) is 5.08. The predicted octanol–water partition coefficient (Wildman–Crippen LogP) is 6.02. The average Bonchev–Trinajstić information content (AvgIpc) is 3.11. The molecule has 3 aromatic rings. The normalized spacial score (nSPS) is 11.5. The molecule has 0 aliphatic heterocycles. The summed E-state index contributed by atoms with van der Waals surface area (Å²) in [4.78, 5) is 12.2. The molecule has 1 amide bonds. The summed E-state index contributed by atoms with van der Waals surface area (Å²) in [6.45, 7) is 2.40. The Morgan fingerprint density at radius 3 is 2.53 bits per heavy atom. The van der Waals surface area contributed by atoms with Gasteiger partial charge in [-0.05, 0) is 37.3 Å². The van der Waals surface area contributed by atoms with Gasteiger partial charge in [0.05, 0.1) is 27.0 Å². The predicted molar refractivity (Wildman–Crippen MR) is 112 cm³/mol. The summed E-state index contributed by atoms with van der Waals surface area (Å²) < 4.78 is 41.0. The number of halogens is 5. The number of para-hydroxylation sites is 1. The number of anilines is 1. The van der Waals surface area contributed by atoms with Crippen LogP contribution < -0.4 is 5.32 Å². The average molecular weight is 475 g/mol. The summed E-state index contributed by atoms with van der Waals surface area (Å²) in [5, 5.41) is 11.8. The third-order valence-electron chi connectivity index (χ3n) is 4.05. The zero-order valence-electron chi connectivity index (χ0n) is 15.5. The van der Waals surface area contributed by atoms with E-state index in [1.54, 1.807) is 22.8 Å². The van der Waals surface area contributed by atoms with Crippen LogP contribution in [0.3, 0.4) is 0 Å². The van der Waals surface area contributed by atoms with Gasteiger partial charge in [-0.1, -0.05) is 47.1 Å². The van der Waals surface area contributed by atoms with Gasteiger partial charge in [0.25, 0.3) is 0 Å². The van der Waals surface area contributed by atoms with Crippen LogP contribution in [-0.2, 0) is 17.5 Å². The number of alkyl halides is 3. The van der Waals surface area contributed by atoms with Crippen molar-refractivity contribution >= 4 is 46.6 Å². The van der Waals surface area contributed by atoms with Crippen LogP contribution in [0.2, 0.25) is 10.0 Å². The molecule has 0 aliphatic carbocycles. The molecule has 0 radical (unpaired) electrons. The van der Waals surface area contributed by atoms with Crippen LogP contribution in [0.5, 0.6) is 0 Å². The molecule has 1 aromatic heterocycles. The number of hydrogen-bond acceptors (Lipinski definition) is 4. The van der Waals surface area contributed by atoms with E-state index in [1.807, 2.05) is 6.92 Å². The molecule has 0 unspecified atom stereocenters. The number of nitrogens with one attached hydrogen (secondary N) is 1. The molecule has 0 aliphatic rings. The fourth-order valence-electron chi connectivity index (χ4n) is 2.68. The molecule has 1 N–H and O–H groups in total. The number of aromatic nitrogens is 3. The largest absolute Gasteiger partial charge is 0.418 e. The van der Waals surface area contributed by atoms with Gasteiger partial charge in [-0.3, -0.25) is 4.79 Å². The van der Waals surface area contributed by atoms with Gasteiger partial charge in [-0.2, -0.15) is 13.2 Å². The van der Waals surface area contributed by atoms with Gasteiger partial charge in [0.1, 0.15) is 0 Å². The van der Waals surface area contributed by atoms with E-state index in [0.717, 1.165) is 17.8 Å². The van der Waals surface area contributed by atoms with Crippen molar-refractivity contribution in [3.05, 3.63) is 58.1 Å². The first-order valence-corrected chi connectivity index (χ1v) is 10.4. The Labute approximate surface area is 184 Å². The molecule has 0 spiro atoms. The fourth-order valence-corrected chi connectivity index (χ4v) is 3.79. The standard InChI is InChI=1S/C19H15Cl2F3N4OS/c1-2-28-17(11-7-8-13(20)14(21)9-11)26-27-18(28)30-10-16(29)25-15-6-4-3-5-12(15)19(22,23)24/h3-9H,2,10H2,1H3,(H,25,29). The topological polar surface area (TPSA) is 59.8 Å². The van der Waals surface area contributed by atoms with Crippen LogP contribution in [0.25, 0.3) is 11.4 Å². The minimum absolute atomic E-state index is 0.133. The summed E-state index contributed by atoms with van der Waals surface area (Å²) in [7, 11) is 0. The Morgan fingerprint density at radius 2 is 1.87 bits per heavy atom. The second kappa shape index (κ2) is 9.28. The highest BCUT2D eigenvalue weighted by atomic mass is 35.5. The molecule has 0 bridgehead atoms. The molecule has 1 heterocycles. The van der Waals surface area contributed by atoms with E-state index in [4.69, 9.17) is 23.2 Å². The zero-order valence-corrected chi connectivity index (χ0v) is 17.8. The molecule has 0 fully saturated rings. The molecular weight excluding hydrogens is 460 g/mol. The van der Waals surface area contributed by atoms with Gasteiger partial charge in [-0.15, -0.1) is 10.2 Å². The molecule has 0 saturated carbocycles. The van der Waals surface area contributed by atoms with Crippen molar-refractivity contribution in [2.75, 3.05) is 11.1 Å². The number of amides is 1. The summed E-state index contributed by atoms with van der Waals surface area (Å²) in [6, 6.07) is 9.88. The number of thioether (sulfide) groups is 1. The lowest BCUT2D eigenvalue weighted by atomic mass is 10.1. The van der Waals surface area contributed by atoms with Gasteiger partial charge in [0.2, 0.25) is 5.91 Å². The maximum absolute atomic E-state index is 13.1. The van der Waals surface area contributed by atoms with E-state index in [0.29, 0.717) is 33.1 Å². The van der Waals surface area contributed by atoms with Crippen LogP contribution >= 0.6 is 35.0 Å². The minimum atomic E-state index is -4.56. The van der Waals surface area contributed by atoms with Crippen LogP contribution in [0.4, 0.5) is 18.9 Å². The highest BCUT2D eigenvalue weighted by Gasteiger charge is 2.33. The van der Waals surface area contributed by atoms with Crippen molar-refractivity contribution in [2.24, 2.45) is 0 Å². The fraction of sp³-hybridized carbons (Fsp3) is 0.211. The molecule has 2 aromatic carbocycles. The SMILES string of the molecule is CCn1c(SCC(=O)Nc2ccccc2C(F)(F)F)nnc1-c1ccc(Cl)c(Cl)c1. The minimum Gasteiger partial charge on any atom is -0.325 e. The van der Waals surface area contributed by atoms with Crippen molar-refractivity contribution in [3.8, 4) is 11.4 Å². The number of hydrogen-bond donors (Lipinski definition) is 1. The molecule has 11 heteroatoms. The number of nitrogens with zero attached hydrogens (tertiary/aromatic N) is 3. The lowest BCUT2D eigenvalue weighted by Gasteiger charge is -2.13. The summed E-state index contributed by atoms with van der Waals surface area (Å²) in [5.74, 6) is -0.175. The van der Waals surface area contributed by atoms with Gasteiger partial charge in [0.15, 0.2) is 11.0 Å². The molecule has 0 atom stereocenters. The van der Waals surface area contributed by atoms with Gasteiger partial charge >= 0.3 is 6.18 Å². The Bertz CT molecular complexity index is 1070. The lowest BCUT2D eigenvalue weighted by Crippen LogP contribution is -2.18. The lowest BCUT2D eigenvalue weighted by molar-refractivity contribution is -0.137. The van der Waals surface area contributed by atoms with E-state index in [2.05, 4.69) is 15.5 Å². The highest BCUT2D eigenvalue weighted by molar-refractivity contribution is 7.99. The quantitative estimate of drug-likeness (QED) is 0.443. The van der Waals surface area contributed by atoms with Crippen LogP contribution in [-0.4, -0.2) is 26.4 Å². The van der Waals surface area contributed by atoms with Gasteiger partial charge < -0.3 is 9.88 Å². The van der Waals surface area contributed by atoms with Crippen molar-refractivity contribution in [1.82, 2.24) is 14.8 Å². The van der Waals surface area contributed by atoms with Crippen molar-refractivity contribution < 1.29 is 18.0 Å². The Morgan fingerprint density at radius 1 is 1.13 bits per heavy atom. The number of rotatable bonds is 6. The maximum Gasteiger partial charge on any atom is 0.418 e. The molecule has 3 rings (SSSR count). The highest BCUT2D eigenvalue weighted by Crippen LogP contribution is 2.35. The monoisotopic (exact) mass is 474 g/mol. The first kappa shape index (κ1) is 22.5. The van der Waals surface area contributed by atoms with Crippen LogP contribution in [0.15, 0.2) is 47.6 Å². The summed E-state index contributed by atoms with van der Waals surface area (Å²) in [6.07, 6.45) is -4.56. The first-order valence-electron chi connectivity index (χ1n) is 8.68. The van der Waals surface area contributed by atoms with Gasteiger partial charge in [-0.25, -0.2) is 0 Å². The van der Waals surface area contributed by atoms with E-state index >= 15 is 0 Å². The summed E-state index contributed by atoms with van der Waals surface area (Å²) >= 11 is 13.1. The maximum atomic E-state index is 13.1. The van der Waals surface area contributed by atoms with Gasteiger partial charge in [0, 0.05) is 12.1 Å². The molecular formula is C19H15Cl2F3N4OS. The summed E-state index contributed by atoms with van der Waals surface area (Å²) in [5.41, 5.74) is -0.486. The number of carbonyl (C=O) groups excluding carboxylic acids is 1. The Kier molecular flexibility index (Phi) is 6.95. The van der Waals surface area contributed by atoms with E-state index in [-0.39, 0.29) is 11.4 Å². The first-order chi connectivity index (χ1) is 14.2. The molecule has 5 nitrogen and oxygen atoms in total. The van der Waals surface area contributed by atoms with Crippen molar-refractivity contribution in [2.45, 2.75) is 24.8 Å². The van der Waals surface area contributed by atoms with E-state index in [9.17, 15) is 18.0 Å². The number of carbonyl (C=O) groups is 1. The van der Waals surface area contributed by atoms with Crippen LogP contribution in [0.1, 0.15) is 12.5 Å². The molecule has 30 heavy (non-hydrogen) atoms.